The molecule has 0 spiro atoms. The first-order chi connectivity index (χ1) is 11.2. The summed E-state index contributed by atoms with van der Waals surface area (Å²) in [7, 11) is 1.65. The minimum atomic E-state index is 0.677. The van der Waals surface area contributed by atoms with Gasteiger partial charge in [-0.15, -0.1) is 0 Å². The van der Waals surface area contributed by atoms with Crippen molar-refractivity contribution in [2.45, 2.75) is 0 Å². The molecule has 0 saturated heterocycles. The molecule has 0 aliphatic rings. The lowest BCUT2D eigenvalue weighted by atomic mass is 10.3. The Morgan fingerprint density at radius 3 is 2.70 bits per heavy atom. The number of methoxy groups -OCH3 is 1. The Morgan fingerprint density at radius 2 is 1.96 bits per heavy atom. The third kappa shape index (κ3) is 3.19. The van der Waals surface area contributed by atoms with E-state index in [1.54, 1.807) is 7.11 Å². The number of hydrogen-bond acceptors (Lipinski definition) is 3. The van der Waals surface area contributed by atoms with E-state index in [2.05, 4.69) is 17.0 Å². The van der Waals surface area contributed by atoms with Gasteiger partial charge in [-0.1, -0.05) is 43.1 Å². The summed E-state index contributed by atoms with van der Waals surface area (Å²) in [6, 6.07) is 17.6. The van der Waals surface area contributed by atoms with Crippen LogP contribution in [0.3, 0.4) is 0 Å². The molecule has 0 fully saturated rings. The van der Waals surface area contributed by atoms with Crippen LogP contribution < -0.4 is 20.6 Å². The van der Waals surface area contributed by atoms with E-state index in [1.807, 2.05) is 65.5 Å². The number of rotatable bonds is 4. The summed E-state index contributed by atoms with van der Waals surface area (Å²) in [5, 5.41) is 8.04. The third-order valence-electron chi connectivity index (χ3n) is 3.47. The standard InChI is InChI=1S/C18H17N3OS/c1-13-17(12-19-14-7-6-10-16(11-14)22-2)18(23)21(20-13)15-8-4-3-5-9-15/h3-12,19-20H,1H2,2H3. The molecule has 1 heterocycles. The minimum Gasteiger partial charge on any atom is -0.497 e. The molecule has 0 aliphatic heterocycles. The van der Waals surface area contributed by atoms with Gasteiger partial charge in [0.05, 0.1) is 23.4 Å². The van der Waals surface area contributed by atoms with Crippen molar-refractivity contribution < 1.29 is 4.74 Å². The van der Waals surface area contributed by atoms with Gasteiger partial charge in [-0.25, -0.2) is 4.68 Å². The van der Waals surface area contributed by atoms with Crippen LogP contribution in [0.5, 0.6) is 5.75 Å². The number of H-pyrrole nitrogens is 1. The van der Waals surface area contributed by atoms with Crippen molar-refractivity contribution in [3.8, 4) is 11.4 Å². The lowest BCUT2D eigenvalue weighted by Crippen LogP contribution is -2.22. The highest BCUT2D eigenvalue weighted by Crippen LogP contribution is 2.16. The van der Waals surface area contributed by atoms with E-state index in [9.17, 15) is 0 Å². The van der Waals surface area contributed by atoms with Gasteiger partial charge in [0.2, 0.25) is 0 Å². The SMILES string of the molecule is C=c1[nH]n(-c2ccccc2)c(=S)c1=CNc1cccc(OC)c1. The van der Waals surface area contributed by atoms with Gasteiger partial charge in [-0.3, -0.25) is 5.10 Å². The first kappa shape index (κ1) is 15.1. The van der Waals surface area contributed by atoms with Gasteiger partial charge in [0.25, 0.3) is 0 Å². The monoisotopic (exact) mass is 323 g/mol. The number of nitrogens with zero attached hydrogens (tertiary/aromatic N) is 1. The first-order valence-electron chi connectivity index (χ1n) is 7.15. The van der Waals surface area contributed by atoms with Crippen molar-refractivity contribution in [3.63, 3.8) is 0 Å². The predicted molar refractivity (Wildman–Crippen MR) is 96.8 cm³/mol. The van der Waals surface area contributed by atoms with Crippen molar-refractivity contribution in [1.82, 2.24) is 9.78 Å². The molecule has 2 N–H and O–H groups in total. The van der Waals surface area contributed by atoms with Gasteiger partial charge in [0.1, 0.15) is 10.4 Å². The average Bonchev–Trinajstić information content (AvgIpc) is 2.88. The molecule has 0 aliphatic carbocycles. The lowest BCUT2D eigenvalue weighted by Gasteiger charge is -2.03. The predicted octanol–water partition coefficient (Wildman–Crippen LogP) is 2.80. The molecular weight excluding hydrogens is 306 g/mol. The Morgan fingerprint density at radius 1 is 1.17 bits per heavy atom. The molecule has 3 aromatic rings. The maximum Gasteiger partial charge on any atom is 0.136 e. The smallest absolute Gasteiger partial charge is 0.136 e. The molecule has 23 heavy (non-hydrogen) atoms. The van der Waals surface area contributed by atoms with E-state index in [4.69, 9.17) is 17.0 Å². The number of hydrogen-bond donors (Lipinski definition) is 2. The first-order valence-corrected chi connectivity index (χ1v) is 7.56. The summed E-state index contributed by atoms with van der Waals surface area (Å²) in [4.78, 5) is 0. The Balaban J connectivity index is 1.99. The van der Waals surface area contributed by atoms with Gasteiger partial charge >= 0.3 is 0 Å². The van der Waals surface area contributed by atoms with Gasteiger partial charge < -0.3 is 10.1 Å². The highest BCUT2D eigenvalue weighted by molar-refractivity contribution is 7.71. The lowest BCUT2D eigenvalue weighted by molar-refractivity contribution is 0.415. The Bertz CT molecular complexity index is 973. The van der Waals surface area contributed by atoms with E-state index in [0.29, 0.717) is 4.64 Å². The second-order valence-corrected chi connectivity index (χ2v) is 5.39. The summed E-state index contributed by atoms with van der Waals surface area (Å²) in [6.07, 6.45) is 1.86. The van der Waals surface area contributed by atoms with Crippen LogP contribution in [0.4, 0.5) is 5.69 Å². The highest BCUT2D eigenvalue weighted by atomic mass is 32.1. The molecule has 116 valence electrons. The van der Waals surface area contributed by atoms with Crippen molar-refractivity contribution in [1.29, 1.82) is 0 Å². The normalized spacial score (nSPS) is 11.4. The zero-order valence-electron chi connectivity index (χ0n) is 12.7. The fraction of sp³-hybridized carbons (Fsp3) is 0.0556. The molecule has 2 aromatic carbocycles. The average molecular weight is 323 g/mol. The summed E-state index contributed by atoms with van der Waals surface area (Å²) < 4.78 is 7.74. The van der Waals surface area contributed by atoms with Crippen molar-refractivity contribution in [2.75, 3.05) is 12.4 Å². The maximum atomic E-state index is 5.55. The van der Waals surface area contributed by atoms with Crippen LogP contribution in [0.15, 0.2) is 54.6 Å². The topological polar surface area (TPSA) is 42.0 Å². The number of ether oxygens (including phenoxy) is 1. The molecule has 0 atom stereocenters. The molecule has 0 unspecified atom stereocenters. The van der Waals surface area contributed by atoms with E-state index < -0.39 is 0 Å². The number of nitrogens with one attached hydrogen (secondary N) is 2. The number of benzene rings is 2. The van der Waals surface area contributed by atoms with Crippen LogP contribution in [0.1, 0.15) is 0 Å². The minimum absolute atomic E-state index is 0.677. The van der Waals surface area contributed by atoms with Gasteiger partial charge in [-0.05, 0) is 24.3 Å². The molecule has 0 amide bonds. The van der Waals surface area contributed by atoms with Crippen molar-refractivity contribution in [3.05, 3.63) is 69.8 Å². The number of aromatic nitrogens is 2. The van der Waals surface area contributed by atoms with E-state index in [1.165, 1.54) is 0 Å². The Labute approximate surface area is 139 Å². The summed E-state index contributed by atoms with van der Waals surface area (Å²) in [5.41, 5.74) is 1.90. The largest absolute Gasteiger partial charge is 0.497 e. The Kier molecular flexibility index (Phi) is 4.30. The summed E-state index contributed by atoms with van der Waals surface area (Å²) in [5.74, 6) is 0.797. The van der Waals surface area contributed by atoms with Crippen LogP contribution in [0.2, 0.25) is 0 Å². The number of para-hydroxylation sites is 1. The fourth-order valence-electron chi connectivity index (χ4n) is 2.27. The number of aromatic amines is 1. The molecule has 3 rings (SSSR count). The molecule has 4 nitrogen and oxygen atoms in total. The maximum absolute atomic E-state index is 5.55. The van der Waals surface area contributed by atoms with E-state index in [0.717, 1.165) is 27.7 Å². The van der Waals surface area contributed by atoms with E-state index in [-0.39, 0.29) is 0 Å². The molecular formula is C18H17N3OS. The van der Waals surface area contributed by atoms with Crippen molar-refractivity contribution in [2.24, 2.45) is 0 Å². The van der Waals surface area contributed by atoms with Gasteiger partial charge in [0.15, 0.2) is 0 Å². The molecule has 0 saturated carbocycles. The Hall–Kier alpha value is -2.79. The second kappa shape index (κ2) is 6.54. The molecule has 0 bridgehead atoms. The van der Waals surface area contributed by atoms with Crippen molar-refractivity contribution >= 4 is 30.7 Å². The van der Waals surface area contributed by atoms with Crippen LogP contribution >= 0.6 is 12.2 Å². The zero-order valence-corrected chi connectivity index (χ0v) is 13.6. The summed E-state index contributed by atoms with van der Waals surface area (Å²) in [6.45, 7) is 4.03. The second-order valence-electron chi connectivity index (χ2n) is 5.00. The zero-order chi connectivity index (χ0) is 16.2. The number of anilines is 1. The van der Waals surface area contributed by atoms with Gasteiger partial charge in [0, 0.05) is 18.0 Å². The highest BCUT2D eigenvalue weighted by Gasteiger charge is 2.01. The van der Waals surface area contributed by atoms with E-state index >= 15 is 0 Å². The van der Waals surface area contributed by atoms with Crippen LogP contribution in [0, 0.1) is 4.64 Å². The molecule has 0 radical (unpaired) electrons. The van der Waals surface area contributed by atoms with Gasteiger partial charge in [-0.2, -0.15) is 0 Å². The van der Waals surface area contributed by atoms with Crippen LogP contribution in [-0.2, 0) is 0 Å². The van der Waals surface area contributed by atoms with Crippen LogP contribution in [0.25, 0.3) is 18.5 Å². The molecule has 5 heteroatoms. The fourth-order valence-corrected chi connectivity index (χ4v) is 2.60. The molecule has 1 aromatic heterocycles. The van der Waals surface area contributed by atoms with Crippen LogP contribution in [-0.4, -0.2) is 16.9 Å². The third-order valence-corrected chi connectivity index (χ3v) is 3.88. The summed E-state index contributed by atoms with van der Waals surface area (Å²) >= 11 is 5.55. The quantitative estimate of drug-likeness (QED) is 0.726.